The van der Waals surface area contributed by atoms with Crippen molar-refractivity contribution in [2.75, 3.05) is 42.3 Å². The van der Waals surface area contributed by atoms with Gasteiger partial charge in [-0.2, -0.15) is 0 Å². The predicted octanol–water partition coefficient (Wildman–Crippen LogP) is 4.63. The van der Waals surface area contributed by atoms with Crippen molar-refractivity contribution in [1.29, 1.82) is 0 Å². The molecule has 7 nitrogen and oxygen atoms in total. The molecule has 168 valence electrons. The van der Waals surface area contributed by atoms with Gasteiger partial charge in [0.1, 0.15) is 0 Å². The molecule has 0 N–H and O–H groups in total. The Morgan fingerprint density at radius 2 is 1.52 bits per heavy atom. The molecule has 0 saturated heterocycles. The van der Waals surface area contributed by atoms with Crippen molar-refractivity contribution < 1.29 is 33.2 Å². The average molecular weight is 430 g/mol. The summed E-state index contributed by atoms with van der Waals surface area (Å²) in [5.74, 6) is 4.15. The SMILES string of the molecule is COc1cc2c(c(OC)c1OC)-c1c(cc3c(c1OC)OCO3)C(OC)C(C)C(C)C2. The number of hydrogen-bond acceptors (Lipinski definition) is 7. The third-order valence-corrected chi connectivity index (χ3v) is 6.49. The van der Waals surface area contributed by atoms with Crippen LogP contribution in [0.4, 0.5) is 0 Å². The summed E-state index contributed by atoms with van der Waals surface area (Å²) in [7, 11) is 8.25. The van der Waals surface area contributed by atoms with Crippen molar-refractivity contribution in [3.63, 3.8) is 0 Å². The first-order valence-corrected chi connectivity index (χ1v) is 10.4. The lowest BCUT2D eigenvalue weighted by Crippen LogP contribution is -2.24. The number of benzene rings is 2. The molecule has 0 bridgehead atoms. The minimum absolute atomic E-state index is 0.147. The normalized spacial score (nSPS) is 21.5. The fraction of sp³-hybridized carbons (Fsp3) is 0.500. The lowest BCUT2D eigenvalue weighted by atomic mass is 9.76. The highest BCUT2D eigenvalue weighted by atomic mass is 16.7. The monoisotopic (exact) mass is 430 g/mol. The van der Waals surface area contributed by atoms with Gasteiger partial charge >= 0.3 is 0 Å². The number of rotatable bonds is 5. The van der Waals surface area contributed by atoms with E-state index < -0.39 is 0 Å². The zero-order valence-corrected chi connectivity index (χ0v) is 19.2. The highest BCUT2D eigenvalue weighted by Gasteiger charge is 2.38. The maximum Gasteiger partial charge on any atom is 0.231 e. The van der Waals surface area contributed by atoms with Crippen LogP contribution in [0.5, 0.6) is 34.5 Å². The zero-order valence-electron chi connectivity index (χ0n) is 19.2. The van der Waals surface area contributed by atoms with E-state index in [2.05, 4.69) is 13.8 Å². The summed E-state index contributed by atoms with van der Waals surface area (Å²) in [6.45, 7) is 4.59. The maximum absolute atomic E-state index is 6.04. The van der Waals surface area contributed by atoms with E-state index in [9.17, 15) is 0 Å². The minimum Gasteiger partial charge on any atom is -0.493 e. The van der Waals surface area contributed by atoms with Gasteiger partial charge in [0, 0.05) is 18.2 Å². The number of ether oxygens (including phenoxy) is 7. The van der Waals surface area contributed by atoms with Gasteiger partial charge in [0.15, 0.2) is 23.0 Å². The number of hydrogen-bond donors (Lipinski definition) is 0. The molecular weight excluding hydrogens is 400 g/mol. The summed E-state index contributed by atoms with van der Waals surface area (Å²) >= 11 is 0. The van der Waals surface area contributed by atoms with Crippen molar-refractivity contribution >= 4 is 0 Å². The van der Waals surface area contributed by atoms with E-state index in [0.717, 1.165) is 28.7 Å². The van der Waals surface area contributed by atoms with Crippen molar-refractivity contribution in [2.24, 2.45) is 11.8 Å². The van der Waals surface area contributed by atoms with Gasteiger partial charge in [-0.05, 0) is 41.5 Å². The van der Waals surface area contributed by atoms with E-state index in [0.29, 0.717) is 40.4 Å². The molecule has 0 aromatic heterocycles. The Morgan fingerprint density at radius 1 is 0.806 bits per heavy atom. The molecule has 1 aliphatic carbocycles. The van der Waals surface area contributed by atoms with Crippen LogP contribution >= 0.6 is 0 Å². The molecule has 7 heteroatoms. The smallest absolute Gasteiger partial charge is 0.231 e. The van der Waals surface area contributed by atoms with Gasteiger partial charge in [0.2, 0.25) is 18.3 Å². The second-order valence-corrected chi connectivity index (χ2v) is 7.98. The third-order valence-electron chi connectivity index (χ3n) is 6.49. The molecule has 4 rings (SSSR count). The first kappa shape index (κ1) is 21.4. The van der Waals surface area contributed by atoms with Gasteiger partial charge < -0.3 is 33.2 Å². The molecule has 2 aromatic carbocycles. The maximum atomic E-state index is 6.04. The molecule has 1 aliphatic heterocycles. The summed E-state index contributed by atoms with van der Waals surface area (Å²) in [5, 5.41) is 0. The quantitative estimate of drug-likeness (QED) is 0.685. The van der Waals surface area contributed by atoms with E-state index in [1.165, 1.54) is 0 Å². The lowest BCUT2D eigenvalue weighted by molar-refractivity contribution is 0.0362. The number of methoxy groups -OCH3 is 5. The van der Waals surface area contributed by atoms with Crippen LogP contribution in [0, 0.1) is 11.8 Å². The van der Waals surface area contributed by atoms with Gasteiger partial charge in [0.25, 0.3) is 0 Å². The van der Waals surface area contributed by atoms with E-state index in [-0.39, 0.29) is 18.8 Å². The summed E-state index contributed by atoms with van der Waals surface area (Å²) in [6, 6.07) is 4.03. The molecule has 2 aromatic rings. The molecule has 0 fully saturated rings. The van der Waals surface area contributed by atoms with Crippen molar-refractivity contribution in [3.05, 3.63) is 23.3 Å². The van der Waals surface area contributed by atoms with E-state index in [4.69, 9.17) is 33.2 Å². The Balaban J connectivity index is 2.17. The fourth-order valence-corrected chi connectivity index (χ4v) is 4.81. The van der Waals surface area contributed by atoms with Crippen molar-refractivity contribution in [2.45, 2.75) is 26.4 Å². The molecule has 0 saturated carbocycles. The molecule has 3 unspecified atom stereocenters. The molecule has 0 spiro atoms. The molecule has 0 radical (unpaired) electrons. The largest absolute Gasteiger partial charge is 0.493 e. The van der Waals surface area contributed by atoms with Crippen LogP contribution in [0.3, 0.4) is 0 Å². The average Bonchev–Trinajstić information content (AvgIpc) is 3.25. The molecular formula is C24H30O7. The van der Waals surface area contributed by atoms with Crippen LogP contribution in [0.15, 0.2) is 12.1 Å². The Hall–Kier alpha value is -2.80. The standard InChI is InChI=1S/C24H30O7/c1-12-8-14-9-16(25-3)21(27-5)23(28-6)18(14)19-15(20(26-4)13(12)2)10-17-22(24(19)29-7)31-11-30-17/h9-10,12-13,20H,8,11H2,1-7H3. The fourth-order valence-electron chi connectivity index (χ4n) is 4.81. The van der Waals surface area contributed by atoms with Crippen LogP contribution in [0.1, 0.15) is 31.1 Å². The molecule has 31 heavy (non-hydrogen) atoms. The van der Waals surface area contributed by atoms with Gasteiger partial charge in [0.05, 0.1) is 34.5 Å². The van der Waals surface area contributed by atoms with Gasteiger partial charge in [-0.3, -0.25) is 0 Å². The van der Waals surface area contributed by atoms with Gasteiger partial charge in [-0.25, -0.2) is 0 Å². The summed E-state index contributed by atoms with van der Waals surface area (Å²) < 4.78 is 40.7. The molecule has 3 atom stereocenters. The van der Waals surface area contributed by atoms with Crippen LogP contribution in [-0.4, -0.2) is 42.3 Å². The highest BCUT2D eigenvalue weighted by molar-refractivity contribution is 5.88. The van der Waals surface area contributed by atoms with Gasteiger partial charge in [-0.1, -0.05) is 13.8 Å². The summed E-state index contributed by atoms with van der Waals surface area (Å²) in [5.41, 5.74) is 3.81. The van der Waals surface area contributed by atoms with Crippen LogP contribution < -0.4 is 28.4 Å². The van der Waals surface area contributed by atoms with Crippen LogP contribution in [-0.2, 0) is 11.2 Å². The Bertz CT molecular complexity index is 985. The topological polar surface area (TPSA) is 64.6 Å². The second kappa shape index (κ2) is 8.38. The number of fused-ring (bicyclic) bond motifs is 4. The molecule has 0 amide bonds. The first-order valence-electron chi connectivity index (χ1n) is 10.4. The summed E-state index contributed by atoms with van der Waals surface area (Å²) in [4.78, 5) is 0. The third kappa shape index (κ3) is 3.22. The van der Waals surface area contributed by atoms with Crippen molar-refractivity contribution in [1.82, 2.24) is 0 Å². The lowest BCUT2D eigenvalue weighted by Gasteiger charge is -2.34. The van der Waals surface area contributed by atoms with E-state index in [1.54, 1.807) is 35.5 Å². The Morgan fingerprint density at radius 3 is 2.13 bits per heavy atom. The predicted molar refractivity (Wildman–Crippen MR) is 116 cm³/mol. The molecule has 2 aliphatic rings. The van der Waals surface area contributed by atoms with E-state index >= 15 is 0 Å². The van der Waals surface area contributed by atoms with Crippen molar-refractivity contribution in [3.8, 4) is 45.6 Å². The Kier molecular flexibility index (Phi) is 5.79. The second-order valence-electron chi connectivity index (χ2n) is 7.98. The zero-order chi connectivity index (χ0) is 22.3. The summed E-state index contributed by atoms with van der Waals surface area (Å²) in [6.07, 6.45) is 0.642. The van der Waals surface area contributed by atoms with Crippen LogP contribution in [0.2, 0.25) is 0 Å². The highest BCUT2D eigenvalue weighted by Crippen LogP contribution is 2.58. The Labute approximate surface area is 183 Å². The first-order chi connectivity index (χ1) is 15.0. The minimum atomic E-state index is -0.167. The van der Waals surface area contributed by atoms with Crippen LogP contribution in [0.25, 0.3) is 11.1 Å². The van der Waals surface area contributed by atoms with E-state index in [1.807, 2.05) is 12.1 Å². The molecule has 1 heterocycles. The van der Waals surface area contributed by atoms with Gasteiger partial charge in [-0.15, -0.1) is 0 Å².